The number of amides is 3. The number of carbonyl (C=O) groups is 2. The van der Waals surface area contributed by atoms with Crippen molar-refractivity contribution < 1.29 is 19.1 Å². The highest BCUT2D eigenvalue weighted by Crippen LogP contribution is 2.25. The summed E-state index contributed by atoms with van der Waals surface area (Å²) in [7, 11) is 1.75. The Bertz CT molecular complexity index is 611. The van der Waals surface area contributed by atoms with Crippen molar-refractivity contribution in [3.63, 3.8) is 0 Å². The first-order valence-corrected chi connectivity index (χ1v) is 9.67. The normalized spacial score (nSPS) is 18.5. The Morgan fingerprint density at radius 2 is 1.81 bits per heavy atom. The lowest BCUT2D eigenvalue weighted by molar-refractivity contribution is -0.136. The highest BCUT2D eigenvalue weighted by atomic mass is 16.7. The van der Waals surface area contributed by atoms with E-state index in [9.17, 15) is 9.59 Å². The highest BCUT2D eigenvalue weighted by molar-refractivity contribution is 5.78. The quantitative estimate of drug-likeness (QED) is 0.823. The third-order valence-corrected chi connectivity index (χ3v) is 5.15. The number of likely N-dealkylation sites (tertiary alicyclic amines) is 1. The summed E-state index contributed by atoms with van der Waals surface area (Å²) in [5, 5.41) is 2.83. The molecule has 2 heterocycles. The maximum atomic E-state index is 12.4. The van der Waals surface area contributed by atoms with E-state index in [-0.39, 0.29) is 18.2 Å². The molecule has 1 N–H and O–H groups in total. The fourth-order valence-corrected chi connectivity index (χ4v) is 3.57. The van der Waals surface area contributed by atoms with E-state index in [2.05, 4.69) is 5.32 Å². The van der Waals surface area contributed by atoms with Crippen molar-refractivity contribution in [2.75, 3.05) is 39.9 Å². The molecule has 0 unspecified atom stereocenters. The van der Waals surface area contributed by atoms with E-state index >= 15 is 0 Å². The summed E-state index contributed by atoms with van der Waals surface area (Å²) >= 11 is 0. The van der Waals surface area contributed by atoms with Gasteiger partial charge in [-0.15, -0.1) is 0 Å². The second kappa shape index (κ2) is 9.71. The summed E-state index contributed by atoms with van der Waals surface area (Å²) in [6, 6.07) is 9.66. The second-order valence-corrected chi connectivity index (χ2v) is 7.15. The minimum atomic E-state index is -0.166. The van der Waals surface area contributed by atoms with Crippen LogP contribution in [0.3, 0.4) is 0 Å². The molecular formula is C20H29N3O4. The van der Waals surface area contributed by atoms with Gasteiger partial charge in [0.05, 0.1) is 13.2 Å². The fraction of sp³-hybridized carbons (Fsp3) is 0.600. The van der Waals surface area contributed by atoms with Gasteiger partial charge in [0, 0.05) is 45.6 Å². The number of rotatable bonds is 6. The molecule has 1 aromatic rings. The van der Waals surface area contributed by atoms with E-state index in [0.717, 1.165) is 31.5 Å². The molecule has 2 aliphatic heterocycles. The van der Waals surface area contributed by atoms with Crippen LogP contribution in [0.15, 0.2) is 30.3 Å². The van der Waals surface area contributed by atoms with E-state index < -0.39 is 0 Å². The van der Waals surface area contributed by atoms with Crippen LogP contribution in [0.2, 0.25) is 0 Å². The molecule has 3 amide bonds. The number of urea groups is 1. The van der Waals surface area contributed by atoms with Crippen molar-refractivity contribution in [3.8, 4) is 0 Å². The van der Waals surface area contributed by atoms with E-state index in [1.165, 1.54) is 0 Å². The van der Waals surface area contributed by atoms with E-state index in [1.807, 2.05) is 35.2 Å². The van der Waals surface area contributed by atoms with Crippen LogP contribution in [-0.2, 0) is 20.8 Å². The Balaban J connectivity index is 1.32. The predicted molar refractivity (Wildman–Crippen MR) is 101 cm³/mol. The molecule has 0 saturated carbocycles. The summed E-state index contributed by atoms with van der Waals surface area (Å²) in [6.07, 6.45) is 2.04. The van der Waals surface area contributed by atoms with Crippen LogP contribution in [0.25, 0.3) is 0 Å². The zero-order valence-corrected chi connectivity index (χ0v) is 15.9. The topological polar surface area (TPSA) is 71.1 Å². The van der Waals surface area contributed by atoms with Gasteiger partial charge in [0.25, 0.3) is 0 Å². The molecule has 0 bridgehead atoms. The van der Waals surface area contributed by atoms with Crippen LogP contribution in [0, 0.1) is 5.92 Å². The maximum Gasteiger partial charge on any atom is 0.317 e. The van der Waals surface area contributed by atoms with Gasteiger partial charge in [-0.3, -0.25) is 4.79 Å². The number of piperidine rings is 1. The first-order chi connectivity index (χ1) is 13.1. The molecule has 27 heavy (non-hydrogen) atoms. The molecule has 7 nitrogen and oxygen atoms in total. The van der Waals surface area contributed by atoms with Crippen molar-refractivity contribution in [2.24, 2.45) is 5.92 Å². The number of carbonyl (C=O) groups excluding carboxylic acids is 2. The Kier molecular flexibility index (Phi) is 7.06. The third-order valence-electron chi connectivity index (χ3n) is 5.15. The average molecular weight is 375 g/mol. The number of nitrogens with one attached hydrogen (secondary N) is 1. The average Bonchev–Trinajstić information content (AvgIpc) is 3.23. The Morgan fingerprint density at radius 3 is 2.48 bits per heavy atom. The van der Waals surface area contributed by atoms with Gasteiger partial charge >= 0.3 is 6.03 Å². The summed E-state index contributed by atoms with van der Waals surface area (Å²) in [5.41, 5.74) is 1.07. The molecule has 2 saturated heterocycles. The molecule has 148 valence electrons. The van der Waals surface area contributed by atoms with E-state index in [0.29, 0.717) is 38.6 Å². The number of hydrogen-bond acceptors (Lipinski definition) is 4. The number of benzene rings is 1. The van der Waals surface area contributed by atoms with Gasteiger partial charge in [-0.1, -0.05) is 30.3 Å². The predicted octanol–water partition coefficient (Wildman–Crippen LogP) is 1.83. The first-order valence-electron chi connectivity index (χ1n) is 9.67. The molecule has 3 rings (SSSR count). The SMILES string of the molecule is CN(Cc1ccccc1)C(=O)NCCC(=O)N1CCC(C2OCCO2)CC1. The van der Waals surface area contributed by atoms with Crippen molar-refractivity contribution in [2.45, 2.75) is 32.1 Å². The van der Waals surface area contributed by atoms with Gasteiger partial charge in [0.2, 0.25) is 5.91 Å². The Morgan fingerprint density at radius 1 is 1.15 bits per heavy atom. The summed E-state index contributed by atoms with van der Waals surface area (Å²) < 4.78 is 11.1. The molecular weight excluding hydrogens is 346 g/mol. The third kappa shape index (κ3) is 5.68. The second-order valence-electron chi connectivity index (χ2n) is 7.15. The molecule has 7 heteroatoms. The lowest BCUT2D eigenvalue weighted by Gasteiger charge is -2.34. The van der Waals surface area contributed by atoms with Gasteiger partial charge in [0.1, 0.15) is 0 Å². The number of ether oxygens (including phenoxy) is 2. The fourth-order valence-electron chi connectivity index (χ4n) is 3.57. The van der Waals surface area contributed by atoms with Gasteiger partial charge in [-0.2, -0.15) is 0 Å². The van der Waals surface area contributed by atoms with Crippen LogP contribution in [0.4, 0.5) is 4.79 Å². The van der Waals surface area contributed by atoms with Crippen molar-refractivity contribution in [3.05, 3.63) is 35.9 Å². The van der Waals surface area contributed by atoms with Crippen molar-refractivity contribution in [1.82, 2.24) is 15.1 Å². The van der Waals surface area contributed by atoms with Gasteiger partial charge in [0.15, 0.2) is 6.29 Å². The molecule has 0 radical (unpaired) electrons. The number of nitrogens with zero attached hydrogens (tertiary/aromatic N) is 2. The van der Waals surface area contributed by atoms with Crippen LogP contribution < -0.4 is 5.32 Å². The van der Waals surface area contributed by atoms with Gasteiger partial charge < -0.3 is 24.6 Å². The van der Waals surface area contributed by atoms with Gasteiger partial charge in [-0.05, 0) is 18.4 Å². The first kappa shape index (κ1) is 19.6. The zero-order chi connectivity index (χ0) is 19.1. The van der Waals surface area contributed by atoms with E-state index in [1.54, 1.807) is 11.9 Å². The lowest BCUT2D eigenvalue weighted by atomic mass is 9.96. The molecule has 2 fully saturated rings. The molecule has 0 aromatic heterocycles. The van der Waals surface area contributed by atoms with Crippen molar-refractivity contribution >= 4 is 11.9 Å². The number of hydrogen-bond donors (Lipinski definition) is 1. The monoisotopic (exact) mass is 375 g/mol. The highest BCUT2D eigenvalue weighted by Gasteiger charge is 2.31. The van der Waals surface area contributed by atoms with Crippen LogP contribution >= 0.6 is 0 Å². The molecule has 0 aliphatic carbocycles. The minimum Gasteiger partial charge on any atom is -0.350 e. The van der Waals surface area contributed by atoms with Gasteiger partial charge in [-0.25, -0.2) is 4.79 Å². The summed E-state index contributed by atoms with van der Waals surface area (Å²) in [4.78, 5) is 28.0. The molecule has 0 atom stereocenters. The standard InChI is InChI=1S/C20H29N3O4/c1-22(15-16-5-3-2-4-6-16)20(25)21-10-7-18(24)23-11-8-17(9-12-23)19-26-13-14-27-19/h2-6,17,19H,7-15H2,1H3,(H,21,25). The molecule has 2 aliphatic rings. The molecule has 1 aromatic carbocycles. The zero-order valence-electron chi connectivity index (χ0n) is 15.9. The Hall–Kier alpha value is -2.12. The van der Waals surface area contributed by atoms with Crippen LogP contribution in [0.5, 0.6) is 0 Å². The summed E-state index contributed by atoms with van der Waals surface area (Å²) in [6.45, 7) is 3.69. The lowest BCUT2D eigenvalue weighted by Crippen LogP contribution is -2.43. The Labute approximate surface area is 160 Å². The smallest absolute Gasteiger partial charge is 0.317 e. The maximum absolute atomic E-state index is 12.4. The largest absolute Gasteiger partial charge is 0.350 e. The molecule has 0 spiro atoms. The van der Waals surface area contributed by atoms with Crippen molar-refractivity contribution in [1.29, 1.82) is 0 Å². The van der Waals surface area contributed by atoms with Crippen LogP contribution in [0.1, 0.15) is 24.8 Å². The minimum absolute atomic E-state index is 0.0905. The van der Waals surface area contributed by atoms with Crippen LogP contribution in [-0.4, -0.2) is 67.9 Å². The van der Waals surface area contributed by atoms with E-state index in [4.69, 9.17) is 9.47 Å². The summed E-state index contributed by atoms with van der Waals surface area (Å²) in [5.74, 6) is 0.468.